The Bertz CT molecular complexity index is 858. The number of carbonyl (C=O) groups is 2. The summed E-state index contributed by atoms with van der Waals surface area (Å²) in [6.07, 6.45) is 0.781. The number of hydrogen-bond acceptors (Lipinski definition) is 4. The van der Waals surface area contributed by atoms with Gasteiger partial charge in [0.25, 0.3) is 5.91 Å². The zero-order chi connectivity index (χ0) is 19.2. The van der Waals surface area contributed by atoms with E-state index < -0.39 is 0 Å². The second kappa shape index (κ2) is 8.97. The summed E-state index contributed by atoms with van der Waals surface area (Å²) in [5.41, 5.74) is 1.17. The van der Waals surface area contributed by atoms with Crippen LogP contribution < -0.4 is 20.1 Å². The maximum absolute atomic E-state index is 12.0. The van der Waals surface area contributed by atoms with Crippen molar-refractivity contribution in [2.75, 3.05) is 19.8 Å². The van der Waals surface area contributed by atoms with Crippen molar-refractivity contribution >= 4 is 35.0 Å². The molecule has 1 aliphatic heterocycles. The van der Waals surface area contributed by atoms with Crippen LogP contribution >= 0.6 is 23.2 Å². The van der Waals surface area contributed by atoms with Crippen LogP contribution in [0.4, 0.5) is 0 Å². The Morgan fingerprint density at radius 3 is 2.67 bits per heavy atom. The van der Waals surface area contributed by atoms with Crippen molar-refractivity contribution in [3.05, 3.63) is 57.6 Å². The molecular weight excluding hydrogens is 391 g/mol. The lowest BCUT2D eigenvalue weighted by atomic mass is 10.2. The van der Waals surface area contributed by atoms with Crippen molar-refractivity contribution in [1.29, 1.82) is 0 Å². The normalized spacial score (nSPS) is 12.8. The van der Waals surface area contributed by atoms with E-state index in [1.54, 1.807) is 30.3 Å². The summed E-state index contributed by atoms with van der Waals surface area (Å²) in [6.45, 7) is 1.20. The Morgan fingerprint density at radius 2 is 1.85 bits per heavy atom. The number of benzene rings is 2. The number of ether oxygens (including phenoxy) is 2. The highest BCUT2D eigenvalue weighted by molar-refractivity contribution is 6.32. The van der Waals surface area contributed by atoms with Crippen LogP contribution in [-0.2, 0) is 11.3 Å². The van der Waals surface area contributed by atoms with Crippen LogP contribution in [0.2, 0.25) is 10.0 Å². The third kappa shape index (κ3) is 5.28. The molecule has 0 atom stereocenters. The third-order valence-corrected chi connectivity index (χ3v) is 4.36. The Kier molecular flexibility index (Phi) is 6.42. The lowest BCUT2D eigenvalue weighted by Crippen LogP contribution is -2.36. The van der Waals surface area contributed by atoms with Gasteiger partial charge in [0, 0.05) is 23.6 Å². The number of halogens is 2. The van der Waals surface area contributed by atoms with E-state index in [0.717, 1.165) is 12.0 Å². The zero-order valence-corrected chi connectivity index (χ0v) is 15.9. The summed E-state index contributed by atoms with van der Waals surface area (Å²) in [5, 5.41) is 6.18. The van der Waals surface area contributed by atoms with Crippen molar-refractivity contribution < 1.29 is 19.1 Å². The van der Waals surface area contributed by atoms with Gasteiger partial charge in [-0.15, -0.1) is 0 Å². The van der Waals surface area contributed by atoms with Gasteiger partial charge < -0.3 is 20.1 Å². The molecule has 1 aliphatic rings. The molecule has 2 aromatic rings. The molecule has 0 saturated carbocycles. The van der Waals surface area contributed by atoms with Crippen LogP contribution in [0.3, 0.4) is 0 Å². The summed E-state index contributed by atoms with van der Waals surface area (Å²) in [4.78, 5) is 24.0. The number of fused-ring (bicyclic) bond motifs is 1. The van der Waals surface area contributed by atoms with E-state index in [4.69, 9.17) is 32.7 Å². The predicted octanol–water partition coefficient (Wildman–Crippen LogP) is 3.20. The van der Waals surface area contributed by atoms with Crippen molar-refractivity contribution in [3.63, 3.8) is 0 Å². The maximum atomic E-state index is 12.0. The Balaban J connectivity index is 1.53. The van der Waals surface area contributed by atoms with Crippen LogP contribution in [0.1, 0.15) is 22.3 Å². The summed E-state index contributed by atoms with van der Waals surface area (Å²) in [6, 6.07) is 10.0. The average Bonchev–Trinajstić information content (AvgIpc) is 2.90. The number of amides is 2. The molecule has 0 aromatic heterocycles. The molecule has 0 spiro atoms. The molecule has 2 N–H and O–H groups in total. The topological polar surface area (TPSA) is 76.7 Å². The minimum absolute atomic E-state index is 0.149. The number of rotatable bonds is 5. The fourth-order valence-electron chi connectivity index (χ4n) is 2.54. The van der Waals surface area contributed by atoms with Gasteiger partial charge in [0.15, 0.2) is 11.5 Å². The first kappa shape index (κ1) is 19.3. The zero-order valence-electron chi connectivity index (χ0n) is 14.4. The molecule has 0 aliphatic carbocycles. The predicted molar refractivity (Wildman–Crippen MR) is 103 cm³/mol. The summed E-state index contributed by atoms with van der Waals surface area (Å²) < 4.78 is 11.2. The smallest absolute Gasteiger partial charge is 0.251 e. The van der Waals surface area contributed by atoms with E-state index in [0.29, 0.717) is 40.3 Å². The van der Waals surface area contributed by atoms with E-state index in [-0.39, 0.29) is 24.9 Å². The summed E-state index contributed by atoms with van der Waals surface area (Å²) >= 11 is 12.1. The monoisotopic (exact) mass is 408 g/mol. The van der Waals surface area contributed by atoms with Crippen molar-refractivity contribution in [3.8, 4) is 11.5 Å². The van der Waals surface area contributed by atoms with Gasteiger partial charge in [0.1, 0.15) is 0 Å². The molecule has 0 fully saturated rings. The standard InChI is InChI=1S/C19H18Cl2N2O4/c20-14-4-1-3-13(9-14)19(25)23-11-17(24)22-10-12-7-15(21)18-16(8-12)26-5-2-6-27-18/h1,3-4,7-9H,2,5-6,10-11H2,(H,22,24)(H,23,25). The molecular formula is C19H18Cl2N2O4. The number of nitrogens with one attached hydrogen (secondary N) is 2. The van der Waals surface area contributed by atoms with Crippen molar-refractivity contribution in [2.45, 2.75) is 13.0 Å². The first-order valence-electron chi connectivity index (χ1n) is 8.41. The molecule has 3 rings (SSSR count). The van der Waals surface area contributed by atoms with E-state index in [2.05, 4.69) is 10.6 Å². The summed E-state index contributed by atoms with van der Waals surface area (Å²) in [7, 11) is 0. The summed E-state index contributed by atoms with van der Waals surface area (Å²) in [5.74, 6) is 0.399. The van der Waals surface area contributed by atoms with Gasteiger partial charge in [-0.3, -0.25) is 9.59 Å². The fourth-order valence-corrected chi connectivity index (χ4v) is 3.02. The lowest BCUT2D eigenvalue weighted by molar-refractivity contribution is -0.120. The molecule has 2 amide bonds. The van der Waals surface area contributed by atoms with Gasteiger partial charge in [0.2, 0.25) is 5.91 Å². The first-order valence-corrected chi connectivity index (χ1v) is 9.17. The van der Waals surface area contributed by atoms with Gasteiger partial charge in [-0.05, 0) is 35.9 Å². The number of hydrogen-bond donors (Lipinski definition) is 2. The van der Waals surface area contributed by atoms with E-state index in [1.807, 2.05) is 0 Å². The second-order valence-corrected chi connectivity index (χ2v) is 6.77. The van der Waals surface area contributed by atoms with E-state index in [1.165, 1.54) is 6.07 Å². The highest BCUT2D eigenvalue weighted by Crippen LogP contribution is 2.37. The maximum Gasteiger partial charge on any atom is 0.251 e. The van der Waals surface area contributed by atoms with Gasteiger partial charge in [-0.1, -0.05) is 29.3 Å². The highest BCUT2D eigenvalue weighted by atomic mass is 35.5. The average molecular weight is 409 g/mol. The third-order valence-electron chi connectivity index (χ3n) is 3.85. The first-order chi connectivity index (χ1) is 13.0. The van der Waals surface area contributed by atoms with Crippen LogP contribution in [0.15, 0.2) is 36.4 Å². The Morgan fingerprint density at radius 1 is 1.04 bits per heavy atom. The molecule has 1 heterocycles. The second-order valence-electron chi connectivity index (χ2n) is 5.93. The van der Waals surface area contributed by atoms with E-state index >= 15 is 0 Å². The molecule has 0 bridgehead atoms. The Hall–Kier alpha value is -2.44. The quantitative estimate of drug-likeness (QED) is 0.796. The molecule has 27 heavy (non-hydrogen) atoms. The molecule has 0 unspecified atom stereocenters. The van der Waals surface area contributed by atoms with E-state index in [9.17, 15) is 9.59 Å². The minimum Gasteiger partial charge on any atom is -0.489 e. The van der Waals surface area contributed by atoms with Gasteiger partial charge in [0.05, 0.1) is 24.8 Å². The lowest BCUT2D eigenvalue weighted by Gasteiger charge is -2.12. The van der Waals surface area contributed by atoms with Crippen molar-refractivity contribution in [1.82, 2.24) is 10.6 Å². The molecule has 142 valence electrons. The van der Waals surface area contributed by atoms with Gasteiger partial charge in [-0.2, -0.15) is 0 Å². The minimum atomic E-state index is -0.369. The fraction of sp³-hybridized carbons (Fsp3) is 0.263. The highest BCUT2D eigenvalue weighted by Gasteiger charge is 2.16. The Labute approximate surface area is 166 Å². The molecule has 8 heteroatoms. The van der Waals surface area contributed by atoms with Gasteiger partial charge >= 0.3 is 0 Å². The largest absolute Gasteiger partial charge is 0.489 e. The molecule has 2 aromatic carbocycles. The SMILES string of the molecule is O=C(CNC(=O)c1cccc(Cl)c1)NCc1cc(Cl)c2c(c1)OCCCO2. The van der Waals surface area contributed by atoms with Crippen LogP contribution in [-0.4, -0.2) is 31.6 Å². The molecule has 6 nitrogen and oxygen atoms in total. The van der Waals surface area contributed by atoms with Crippen LogP contribution in [0, 0.1) is 0 Å². The molecule has 0 saturated heterocycles. The van der Waals surface area contributed by atoms with Gasteiger partial charge in [-0.25, -0.2) is 0 Å². The van der Waals surface area contributed by atoms with Crippen LogP contribution in [0.25, 0.3) is 0 Å². The van der Waals surface area contributed by atoms with Crippen molar-refractivity contribution in [2.24, 2.45) is 0 Å². The van der Waals surface area contributed by atoms with Crippen LogP contribution in [0.5, 0.6) is 11.5 Å². The number of carbonyl (C=O) groups excluding carboxylic acids is 2. The molecule has 0 radical (unpaired) electrons.